The molecular weight excluding hydrogens is 215 g/mol. The number of rotatable bonds is 5. The summed E-state index contributed by atoms with van der Waals surface area (Å²) in [5.74, 6) is 0.317. The minimum atomic E-state index is -0.141. The van der Waals surface area contributed by atoms with E-state index in [-0.39, 0.29) is 11.9 Å². The van der Waals surface area contributed by atoms with Gasteiger partial charge in [0.05, 0.1) is 0 Å². The summed E-state index contributed by atoms with van der Waals surface area (Å²) < 4.78 is 13.3. The first-order valence-corrected chi connectivity index (χ1v) is 6.10. The molecule has 0 bridgehead atoms. The van der Waals surface area contributed by atoms with Gasteiger partial charge in [-0.25, -0.2) is 4.39 Å². The Morgan fingerprint density at radius 2 is 2.00 bits per heavy atom. The number of nitrogens with two attached hydrogens (primary N) is 1. The lowest BCUT2D eigenvalue weighted by molar-refractivity contribution is 0.216. The Kier molecular flexibility index (Phi) is 5.09. The average molecular weight is 238 g/mol. The molecule has 0 heterocycles. The van der Waals surface area contributed by atoms with Crippen LogP contribution in [0.5, 0.6) is 0 Å². The molecular formula is C14H23FN2. The van der Waals surface area contributed by atoms with Gasteiger partial charge >= 0.3 is 0 Å². The van der Waals surface area contributed by atoms with Gasteiger partial charge in [0.1, 0.15) is 5.82 Å². The van der Waals surface area contributed by atoms with Crippen LogP contribution in [0.15, 0.2) is 18.2 Å². The maximum atomic E-state index is 13.3. The second-order valence-electron chi connectivity index (χ2n) is 4.97. The molecule has 2 N–H and O–H groups in total. The number of aryl methyl sites for hydroxylation is 1. The van der Waals surface area contributed by atoms with Gasteiger partial charge in [-0.05, 0) is 57.1 Å². The van der Waals surface area contributed by atoms with E-state index in [0.29, 0.717) is 18.0 Å². The third kappa shape index (κ3) is 3.51. The van der Waals surface area contributed by atoms with E-state index in [0.717, 1.165) is 12.0 Å². The fourth-order valence-corrected chi connectivity index (χ4v) is 2.41. The van der Waals surface area contributed by atoms with Crippen LogP contribution in [0.1, 0.15) is 30.5 Å². The third-order valence-corrected chi connectivity index (χ3v) is 3.24. The monoisotopic (exact) mass is 238 g/mol. The zero-order valence-electron chi connectivity index (χ0n) is 11.2. The average Bonchev–Trinajstić information content (AvgIpc) is 2.23. The maximum absolute atomic E-state index is 13.3. The minimum Gasteiger partial charge on any atom is -0.330 e. The second kappa shape index (κ2) is 6.12. The predicted molar refractivity (Wildman–Crippen MR) is 70.4 cm³/mol. The Labute approximate surface area is 104 Å². The van der Waals surface area contributed by atoms with Gasteiger partial charge in [0, 0.05) is 6.04 Å². The van der Waals surface area contributed by atoms with Crippen LogP contribution in [0.4, 0.5) is 4.39 Å². The summed E-state index contributed by atoms with van der Waals surface area (Å²) in [5.41, 5.74) is 7.49. The lowest BCUT2D eigenvalue weighted by Gasteiger charge is -2.30. The quantitative estimate of drug-likeness (QED) is 0.854. The predicted octanol–water partition coefficient (Wildman–Crippen LogP) is 2.72. The molecule has 0 amide bonds. The van der Waals surface area contributed by atoms with Crippen molar-refractivity contribution in [3.63, 3.8) is 0 Å². The van der Waals surface area contributed by atoms with Gasteiger partial charge in [0.25, 0.3) is 0 Å². The van der Waals surface area contributed by atoms with Gasteiger partial charge in [-0.2, -0.15) is 0 Å². The Bertz CT molecular complexity index is 363. The van der Waals surface area contributed by atoms with Crippen LogP contribution < -0.4 is 5.73 Å². The molecule has 0 aliphatic rings. The number of halogens is 1. The van der Waals surface area contributed by atoms with Crippen molar-refractivity contribution in [3.05, 3.63) is 35.1 Å². The van der Waals surface area contributed by atoms with Gasteiger partial charge in [-0.3, -0.25) is 0 Å². The van der Waals surface area contributed by atoms with E-state index in [1.54, 1.807) is 13.0 Å². The van der Waals surface area contributed by atoms with Gasteiger partial charge < -0.3 is 10.6 Å². The van der Waals surface area contributed by atoms with Gasteiger partial charge in [-0.1, -0.05) is 19.1 Å². The maximum Gasteiger partial charge on any atom is 0.126 e. The molecule has 0 aliphatic carbocycles. The lowest BCUT2D eigenvalue weighted by atomic mass is 9.90. The number of hydrogen-bond donors (Lipinski definition) is 1. The Morgan fingerprint density at radius 1 is 1.35 bits per heavy atom. The summed E-state index contributed by atoms with van der Waals surface area (Å²) in [7, 11) is 4.10. The molecule has 0 saturated heterocycles. The van der Waals surface area contributed by atoms with Crippen LogP contribution in [0, 0.1) is 18.7 Å². The van der Waals surface area contributed by atoms with Gasteiger partial charge in [-0.15, -0.1) is 0 Å². The molecule has 2 nitrogen and oxygen atoms in total. The highest BCUT2D eigenvalue weighted by Crippen LogP contribution is 2.29. The summed E-state index contributed by atoms with van der Waals surface area (Å²) in [6.45, 7) is 4.68. The summed E-state index contributed by atoms with van der Waals surface area (Å²) >= 11 is 0. The van der Waals surface area contributed by atoms with Crippen molar-refractivity contribution in [2.45, 2.75) is 26.3 Å². The topological polar surface area (TPSA) is 29.3 Å². The van der Waals surface area contributed by atoms with Crippen LogP contribution in [-0.4, -0.2) is 25.5 Å². The Balaban J connectivity index is 3.01. The van der Waals surface area contributed by atoms with E-state index < -0.39 is 0 Å². The van der Waals surface area contributed by atoms with Crippen LogP contribution in [-0.2, 0) is 0 Å². The zero-order valence-corrected chi connectivity index (χ0v) is 11.2. The Hall–Kier alpha value is -0.930. The SMILES string of the molecule is Cc1cc(C(C(C)CCN)N(C)C)ccc1F. The molecule has 1 rings (SSSR count). The fraction of sp³-hybridized carbons (Fsp3) is 0.571. The summed E-state index contributed by atoms with van der Waals surface area (Å²) in [5, 5.41) is 0. The van der Waals surface area contributed by atoms with Crippen LogP contribution in [0.3, 0.4) is 0 Å². The molecule has 2 unspecified atom stereocenters. The van der Waals surface area contributed by atoms with E-state index >= 15 is 0 Å². The first kappa shape index (κ1) is 14.1. The van der Waals surface area contributed by atoms with Crippen molar-refractivity contribution in [1.82, 2.24) is 4.90 Å². The third-order valence-electron chi connectivity index (χ3n) is 3.24. The smallest absolute Gasteiger partial charge is 0.126 e. The van der Waals surface area contributed by atoms with Crippen LogP contribution in [0.2, 0.25) is 0 Å². The van der Waals surface area contributed by atoms with Crippen LogP contribution >= 0.6 is 0 Å². The molecule has 0 aliphatic heterocycles. The van der Waals surface area contributed by atoms with E-state index in [1.165, 1.54) is 0 Å². The van der Waals surface area contributed by atoms with Crippen molar-refractivity contribution in [2.75, 3.05) is 20.6 Å². The lowest BCUT2D eigenvalue weighted by Crippen LogP contribution is -2.27. The van der Waals surface area contributed by atoms with Crippen molar-refractivity contribution in [3.8, 4) is 0 Å². The van der Waals surface area contributed by atoms with Crippen LogP contribution in [0.25, 0.3) is 0 Å². The first-order chi connectivity index (χ1) is 7.97. The first-order valence-electron chi connectivity index (χ1n) is 6.10. The number of nitrogens with zero attached hydrogens (tertiary/aromatic N) is 1. The molecule has 3 heteroatoms. The molecule has 1 aromatic carbocycles. The molecule has 0 spiro atoms. The molecule has 2 atom stereocenters. The van der Waals surface area contributed by atoms with Gasteiger partial charge in [0.15, 0.2) is 0 Å². The Morgan fingerprint density at radius 3 is 2.47 bits per heavy atom. The molecule has 1 aromatic rings. The summed E-state index contributed by atoms with van der Waals surface area (Å²) in [6.07, 6.45) is 0.971. The molecule has 0 fully saturated rings. The molecule has 0 saturated carbocycles. The summed E-state index contributed by atoms with van der Waals surface area (Å²) in [6, 6.07) is 5.65. The van der Waals surface area contributed by atoms with E-state index in [1.807, 2.05) is 12.1 Å². The highest BCUT2D eigenvalue weighted by Gasteiger charge is 2.21. The van der Waals surface area contributed by atoms with Crippen molar-refractivity contribution in [2.24, 2.45) is 11.7 Å². The fourth-order valence-electron chi connectivity index (χ4n) is 2.41. The van der Waals surface area contributed by atoms with Crippen molar-refractivity contribution in [1.29, 1.82) is 0 Å². The molecule has 0 aromatic heterocycles. The standard InChI is InChI=1S/C14H23FN2/c1-10(7-8-16)14(17(3)4)12-5-6-13(15)11(2)9-12/h5-6,9-10,14H,7-8,16H2,1-4H3. The van der Waals surface area contributed by atoms with Crippen molar-refractivity contribution < 1.29 is 4.39 Å². The van der Waals surface area contributed by atoms with Crippen molar-refractivity contribution >= 4 is 0 Å². The minimum absolute atomic E-state index is 0.141. The van der Waals surface area contributed by atoms with E-state index in [2.05, 4.69) is 25.9 Å². The second-order valence-corrected chi connectivity index (χ2v) is 4.97. The van der Waals surface area contributed by atoms with E-state index in [4.69, 9.17) is 5.73 Å². The number of benzene rings is 1. The van der Waals surface area contributed by atoms with E-state index in [9.17, 15) is 4.39 Å². The molecule has 96 valence electrons. The normalized spacial score (nSPS) is 15.0. The highest BCUT2D eigenvalue weighted by atomic mass is 19.1. The zero-order chi connectivity index (χ0) is 13.0. The molecule has 0 radical (unpaired) electrons. The highest BCUT2D eigenvalue weighted by molar-refractivity contribution is 5.27. The molecule has 17 heavy (non-hydrogen) atoms. The largest absolute Gasteiger partial charge is 0.330 e. The summed E-state index contributed by atoms with van der Waals surface area (Å²) in [4.78, 5) is 2.17. The van der Waals surface area contributed by atoms with Gasteiger partial charge in [0.2, 0.25) is 0 Å². The number of hydrogen-bond acceptors (Lipinski definition) is 2.